The molecular weight excluding hydrogens is 350 g/mol. The fourth-order valence-corrected chi connectivity index (χ4v) is 3.03. The molecule has 0 radical (unpaired) electrons. The number of aryl methyl sites for hydroxylation is 2. The summed E-state index contributed by atoms with van der Waals surface area (Å²) in [5.74, 6) is 1.69. The Bertz CT molecular complexity index is 877. The smallest absolute Gasteiger partial charge is 0.141 e. The molecule has 3 rings (SSSR count). The van der Waals surface area contributed by atoms with Crippen LogP contribution in [0, 0.1) is 13.8 Å². The molecule has 0 spiro atoms. The van der Waals surface area contributed by atoms with Crippen molar-refractivity contribution in [2.75, 3.05) is 6.61 Å². The van der Waals surface area contributed by atoms with Gasteiger partial charge in [0.15, 0.2) is 0 Å². The minimum atomic E-state index is 0.762. The van der Waals surface area contributed by atoms with E-state index in [-0.39, 0.29) is 0 Å². The number of aromatic nitrogens is 1. The largest absolute Gasteiger partial charge is 0.494 e. The molecule has 2 aromatic carbocycles. The molecule has 1 heterocycles. The second-order valence-corrected chi connectivity index (χ2v) is 6.85. The van der Waals surface area contributed by atoms with Crippen LogP contribution in [0.3, 0.4) is 0 Å². The fourth-order valence-electron chi connectivity index (χ4n) is 3.03. The normalized spacial score (nSPS) is 11.2. The van der Waals surface area contributed by atoms with Crippen molar-refractivity contribution in [3.8, 4) is 16.9 Å². The van der Waals surface area contributed by atoms with Gasteiger partial charge in [-0.05, 0) is 62.2 Å². The molecule has 1 aromatic heterocycles. The van der Waals surface area contributed by atoms with Crippen LogP contribution >= 0.6 is 0 Å². The average Bonchev–Trinajstić information content (AvgIpc) is 3.06. The molecule has 0 amide bonds. The van der Waals surface area contributed by atoms with E-state index in [2.05, 4.69) is 22.3 Å². The van der Waals surface area contributed by atoms with Crippen LogP contribution < -0.4 is 4.74 Å². The van der Waals surface area contributed by atoms with Crippen LogP contribution in [0.25, 0.3) is 11.1 Å². The number of hydrogen-bond donors (Lipinski definition) is 0. The third-order valence-electron chi connectivity index (χ3n) is 4.57. The summed E-state index contributed by atoms with van der Waals surface area (Å²) < 4.78 is 11.0. The average molecular weight is 377 g/mol. The zero-order valence-corrected chi connectivity index (χ0v) is 16.8. The SMILES string of the molecule is CCCCCCOc1ccc(/N=N/c2ccc(-c3c(C)noc3C)cc2)cc1. The lowest BCUT2D eigenvalue weighted by molar-refractivity contribution is 0.305. The summed E-state index contributed by atoms with van der Waals surface area (Å²) in [7, 11) is 0. The summed E-state index contributed by atoms with van der Waals surface area (Å²) in [6.07, 6.45) is 4.82. The molecule has 0 atom stereocenters. The maximum absolute atomic E-state index is 5.75. The zero-order valence-electron chi connectivity index (χ0n) is 16.8. The second kappa shape index (κ2) is 9.83. The molecule has 146 valence electrons. The Balaban J connectivity index is 1.56. The van der Waals surface area contributed by atoms with E-state index in [0.29, 0.717) is 0 Å². The van der Waals surface area contributed by atoms with Crippen molar-refractivity contribution >= 4 is 11.4 Å². The molecule has 0 unspecified atom stereocenters. The Morgan fingerprint density at radius 3 is 2.07 bits per heavy atom. The van der Waals surface area contributed by atoms with Crippen LogP contribution in [0.1, 0.15) is 44.1 Å². The van der Waals surface area contributed by atoms with E-state index in [1.807, 2.05) is 62.4 Å². The van der Waals surface area contributed by atoms with Gasteiger partial charge in [-0.2, -0.15) is 10.2 Å². The van der Waals surface area contributed by atoms with Crippen LogP contribution in [-0.2, 0) is 0 Å². The summed E-state index contributed by atoms with van der Waals surface area (Å²) in [5.41, 5.74) is 4.59. The second-order valence-electron chi connectivity index (χ2n) is 6.85. The third-order valence-corrected chi connectivity index (χ3v) is 4.57. The van der Waals surface area contributed by atoms with Crippen molar-refractivity contribution < 1.29 is 9.26 Å². The molecule has 0 bridgehead atoms. The number of unbranched alkanes of at least 4 members (excludes halogenated alkanes) is 3. The van der Waals surface area contributed by atoms with Gasteiger partial charge in [-0.15, -0.1) is 0 Å². The van der Waals surface area contributed by atoms with Crippen LogP contribution in [0.4, 0.5) is 11.4 Å². The quantitative estimate of drug-likeness (QED) is 0.289. The summed E-state index contributed by atoms with van der Waals surface area (Å²) in [4.78, 5) is 0. The van der Waals surface area contributed by atoms with Crippen LogP contribution in [0.5, 0.6) is 5.75 Å². The van der Waals surface area contributed by atoms with Gasteiger partial charge in [0.25, 0.3) is 0 Å². The van der Waals surface area contributed by atoms with E-state index >= 15 is 0 Å². The van der Waals surface area contributed by atoms with E-state index in [4.69, 9.17) is 9.26 Å². The highest BCUT2D eigenvalue weighted by molar-refractivity contribution is 5.68. The van der Waals surface area contributed by atoms with Crippen molar-refractivity contribution in [2.24, 2.45) is 10.2 Å². The van der Waals surface area contributed by atoms with E-state index < -0.39 is 0 Å². The van der Waals surface area contributed by atoms with Gasteiger partial charge in [-0.1, -0.05) is 43.5 Å². The van der Waals surface area contributed by atoms with Gasteiger partial charge in [0, 0.05) is 5.56 Å². The monoisotopic (exact) mass is 377 g/mol. The van der Waals surface area contributed by atoms with Crippen molar-refractivity contribution in [2.45, 2.75) is 46.5 Å². The Morgan fingerprint density at radius 1 is 0.857 bits per heavy atom. The first kappa shape index (κ1) is 19.8. The fraction of sp³-hybridized carbons (Fsp3) is 0.348. The number of hydrogen-bond acceptors (Lipinski definition) is 5. The predicted molar refractivity (Wildman–Crippen MR) is 112 cm³/mol. The standard InChI is InChI=1S/C23H27N3O2/c1-4-5-6-7-16-27-22-14-12-21(13-15-22)25-24-20-10-8-19(9-11-20)23-17(2)26-28-18(23)3/h8-15H,4-7,16H2,1-3H3/b25-24+. The number of nitrogens with zero attached hydrogens (tertiary/aromatic N) is 3. The summed E-state index contributed by atoms with van der Waals surface area (Å²) in [6, 6.07) is 15.6. The van der Waals surface area contributed by atoms with Crippen molar-refractivity contribution in [1.29, 1.82) is 0 Å². The van der Waals surface area contributed by atoms with Gasteiger partial charge < -0.3 is 9.26 Å². The molecule has 0 saturated carbocycles. The van der Waals surface area contributed by atoms with E-state index in [1.54, 1.807) is 0 Å². The first-order chi connectivity index (χ1) is 13.7. The molecular formula is C23H27N3O2. The first-order valence-corrected chi connectivity index (χ1v) is 9.85. The van der Waals surface area contributed by atoms with Crippen LogP contribution in [-0.4, -0.2) is 11.8 Å². The first-order valence-electron chi connectivity index (χ1n) is 9.85. The van der Waals surface area contributed by atoms with Gasteiger partial charge in [0.2, 0.25) is 0 Å². The van der Waals surface area contributed by atoms with Gasteiger partial charge in [-0.25, -0.2) is 0 Å². The predicted octanol–water partition coefficient (Wildman–Crippen LogP) is 7.33. The zero-order chi connectivity index (χ0) is 19.8. The molecule has 0 aliphatic carbocycles. The lowest BCUT2D eigenvalue weighted by atomic mass is 10.0. The number of benzene rings is 2. The van der Waals surface area contributed by atoms with Crippen LogP contribution in [0.15, 0.2) is 63.3 Å². The van der Waals surface area contributed by atoms with E-state index in [9.17, 15) is 0 Å². The van der Waals surface area contributed by atoms with Gasteiger partial charge >= 0.3 is 0 Å². The molecule has 5 nitrogen and oxygen atoms in total. The minimum Gasteiger partial charge on any atom is -0.494 e. The Kier molecular flexibility index (Phi) is 6.95. The lowest BCUT2D eigenvalue weighted by Gasteiger charge is -2.05. The molecule has 0 fully saturated rings. The summed E-state index contributed by atoms with van der Waals surface area (Å²) >= 11 is 0. The topological polar surface area (TPSA) is 60.0 Å². The van der Waals surface area contributed by atoms with E-state index in [0.717, 1.165) is 52.7 Å². The maximum Gasteiger partial charge on any atom is 0.141 e. The molecule has 0 saturated heterocycles. The van der Waals surface area contributed by atoms with Crippen molar-refractivity contribution in [3.05, 3.63) is 60.0 Å². The summed E-state index contributed by atoms with van der Waals surface area (Å²) in [6.45, 7) is 6.83. The highest BCUT2D eigenvalue weighted by atomic mass is 16.5. The number of ether oxygens (including phenoxy) is 1. The van der Waals surface area contributed by atoms with Crippen LogP contribution in [0.2, 0.25) is 0 Å². The highest BCUT2D eigenvalue weighted by Crippen LogP contribution is 2.29. The van der Waals surface area contributed by atoms with Crippen molar-refractivity contribution in [3.63, 3.8) is 0 Å². The Hall–Kier alpha value is -2.95. The highest BCUT2D eigenvalue weighted by Gasteiger charge is 2.10. The molecule has 5 heteroatoms. The summed E-state index contributed by atoms with van der Waals surface area (Å²) in [5, 5.41) is 12.6. The van der Waals surface area contributed by atoms with Crippen molar-refractivity contribution in [1.82, 2.24) is 5.16 Å². The molecule has 0 N–H and O–H groups in total. The van der Waals surface area contributed by atoms with Gasteiger partial charge in [0.1, 0.15) is 11.5 Å². The molecule has 0 aliphatic heterocycles. The third kappa shape index (κ3) is 5.28. The minimum absolute atomic E-state index is 0.762. The van der Waals surface area contributed by atoms with Gasteiger partial charge in [0.05, 0.1) is 23.7 Å². The Labute approximate surface area is 166 Å². The number of azo groups is 1. The lowest BCUT2D eigenvalue weighted by Crippen LogP contribution is -1.96. The molecule has 0 aliphatic rings. The van der Waals surface area contributed by atoms with Gasteiger partial charge in [-0.3, -0.25) is 0 Å². The molecule has 28 heavy (non-hydrogen) atoms. The molecule has 3 aromatic rings. The number of rotatable bonds is 9. The Morgan fingerprint density at radius 2 is 1.50 bits per heavy atom. The maximum atomic E-state index is 5.75. The van der Waals surface area contributed by atoms with E-state index in [1.165, 1.54) is 19.3 Å².